The molecule has 1 aromatic rings. The van der Waals surface area contributed by atoms with E-state index < -0.39 is 0 Å². The third-order valence-electron chi connectivity index (χ3n) is 2.01. The number of aryl methyl sites for hydroxylation is 1. The molecule has 2 rings (SSSR count). The fraction of sp³-hybridized carbons (Fsp3) is 0.222. The van der Waals surface area contributed by atoms with Crippen LogP contribution in [0.25, 0.3) is 0 Å². The zero-order valence-electron chi connectivity index (χ0n) is 8.03. The Morgan fingerprint density at radius 2 is 2.21 bits per heavy atom. The first-order chi connectivity index (χ1) is 6.66. The van der Waals surface area contributed by atoms with Gasteiger partial charge in [-0.05, 0) is 30.7 Å². The second kappa shape index (κ2) is 3.48. The quantitative estimate of drug-likeness (QED) is 0.767. The van der Waals surface area contributed by atoms with Gasteiger partial charge in [-0.3, -0.25) is 0 Å². The van der Waals surface area contributed by atoms with Gasteiger partial charge in [0.15, 0.2) is 0 Å². The molecule has 0 radical (unpaired) electrons. The van der Waals surface area contributed by atoms with Crippen LogP contribution in [-0.2, 0) is 0 Å². The second-order valence-corrected chi connectivity index (χ2v) is 3.59. The zero-order valence-corrected chi connectivity index (χ0v) is 8.78. The van der Waals surface area contributed by atoms with Gasteiger partial charge in [-0.1, -0.05) is 11.6 Å². The first kappa shape index (κ1) is 9.30. The molecule has 14 heavy (non-hydrogen) atoms. The Kier molecular flexibility index (Phi) is 2.31. The maximum Gasteiger partial charge on any atom is 0.133 e. The van der Waals surface area contributed by atoms with E-state index in [1.807, 2.05) is 37.2 Å². The van der Waals surface area contributed by atoms with Crippen molar-refractivity contribution in [3.63, 3.8) is 0 Å². The summed E-state index contributed by atoms with van der Waals surface area (Å²) in [6, 6.07) is 5.73. The van der Waals surface area contributed by atoms with Crippen molar-refractivity contribution < 1.29 is 0 Å². The summed E-state index contributed by atoms with van der Waals surface area (Å²) >= 11 is 5.87. The van der Waals surface area contributed by atoms with E-state index in [1.54, 1.807) is 11.5 Å². The van der Waals surface area contributed by atoms with Crippen molar-refractivity contribution in [1.82, 2.24) is 10.7 Å². The maximum atomic E-state index is 5.87. The summed E-state index contributed by atoms with van der Waals surface area (Å²) in [6.07, 6.45) is 1.72. The van der Waals surface area contributed by atoms with Crippen LogP contribution in [0.4, 0.5) is 5.69 Å². The van der Waals surface area contributed by atoms with Crippen molar-refractivity contribution in [2.24, 2.45) is 5.10 Å². The molecule has 0 unspecified atom stereocenters. The van der Waals surface area contributed by atoms with Gasteiger partial charge in [-0.2, -0.15) is 0 Å². The SMILES string of the molecule is Cc1cc(Cl)ccc1N1C=NN(C)N1. The van der Waals surface area contributed by atoms with Gasteiger partial charge in [0.25, 0.3) is 0 Å². The molecule has 1 aromatic carbocycles. The second-order valence-electron chi connectivity index (χ2n) is 3.16. The minimum absolute atomic E-state index is 0.746. The van der Waals surface area contributed by atoms with Crippen LogP contribution in [0.5, 0.6) is 0 Å². The van der Waals surface area contributed by atoms with Crippen molar-refractivity contribution >= 4 is 23.6 Å². The van der Waals surface area contributed by atoms with Crippen molar-refractivity contribution in [2.75, 3.05) is 12.1 Å². The Balaban J connectivity index is 2.29. The Labute approximate surface area is 87.7 Å². The summed E-state index contributed by atoms with van der Waals surface area (Å²) in [6.45, 7) is 2.01. The molecule has 4 nitrogen and oxygen atoms in total. The first-order valence-corrected chi connectivity index (χ1v) is 4.64. The van der Waals surface area contributed by atoms with Crippen molar-refractivity contribution in [3.05, 3.63) is 28.8 Å². The molecule has 0 aliphatic carbocycles. The van der Waals surface area contributed by atoms with Gasteiger partial charge in [0, 0.05) is 12.1 Å². The lowest BCUT2D eigenvalue weighted by Gasteiger charge is -2.18. The van der Waals surface area contributed by atoms with Crippen molar-refractivity contribution in [2.45, 2.75) is 6.92 Å². The van der Waals surface area contributed by atoms with Crippen molar-refractivity contribution in [3.8, 4) is 0 Å². The standard InChI is InChI=1S/C9H11ClN4/c1-7-5-8(10)3-4-9(7)14-6-11-13(2)12-14/h3-6,12H,1-2H3. The fourth-order valence-electron chi connectivity index (χ4n) is 1.34. The molecule has 1 aliphatic heterocycles. The number of benzene rings is 1. The summed E-state index contributed by atoms with van der Waals surface area (Å²) in [7, 11) is 1.84. The van der Waals surface area contributed by atoms with Crippen LogP contribution in [0.15, 0.2) is 23.3 Å². The number of hydrogen-bond donors (Lipinski definition) is 1. The van der Waals surface area contributed by atoms with Gasteiger partial charge in [0.1, 0.15) is 6.34 Å². The molecular weight excluding hydrogens is 200 g/mol. The molecule has 0 fully saturated rings. The van der Waals surface area contributed by atoms with E-state index in [9.17, 15) is 0 Å². The van der Waals surface area contributed by atoms with Crippen LogP contribution in [-0.4, -0.2) is 18.5 Å². The van der Waals surface area contributed by atoms with Crippen LogP contribution >= 0.6 is 11.6 Å². The van der Waals surface area contributed by atoms with Gasteiger partial charge in [0.05, 0.1) is 5.69 Å². The maximum absolute atomic E-state index is 5.87. The molecule has 1 N–H and O–H groups in total. The molecule has 1 heterocycles. The normalized spacial score (nSPS) is 15.4. The van der Waals surface area contributed by atoms with Gasteiger partial charge >= 0.3 is 0 Å². The molecular formula is C9H11ClN4. The van der Waals surface area contributed by atoms with Crippen molar-refractivity contribution in [1.29, 1.82) is 0 Å². The summed E-state index contributed by atoms with van der Waals surface area (Å²) < 4.78 is 0. The third kappa shape index (κ3) is 1.66. The Bertz CT molecular complexity index is 377. The predicted molar refractivity (Wildman–Crippen MR) is 58.1 cm³/mol. The number of nitrogens with one attached hydrogen (secondary N) is 1. The topological polar surface area (TPSA) is 30.9 Å². The molecule has 0 amide bonds. The van der Waals surface area contributed by atoms with Crippen LogP contribution in [0.3, 0.4) is 0 Å². The number of anilines is 1. The summed E-state index contributed by atoms with van der Waals surface area (Å²) in [5.41, 5.74) is 5.18. The van der Waals surface area contributed by atoms with Crippen LogP contribution in [0.2, 0.25) is 5.02 Å². The Morgan fingerprint density at radius 1 is 1.43 bits per heavy atom. The number of nitrogens with zero attached hydrogens (tertiary/aromatic N) is 3. The molecule has 0 saturated carbocycles. The number of hydrazine groups is 2. The average molecular weight is 211 g/mol. The fourth-order valence-corrected chi connectivity index (χ4v) is 1.57. The Morgan fingerprint density at radius 3 is 2.79 bits per heavy atom. The zero-order chi connectivity index (χ0) is 10.1. The number of hydrazone groups is 1. The predicted octanol–water partition coefficient (Wildman–Crippen LogP) is 1.76. The van der Waals surface area contributed by atoms with Crippen LogP contribution < -0.4 is 10.5 Å². The highest BCUT2D eigenvalue weighted by Gasteiger charge is 2.13. The number of hydrogen-bond acceptors (Lipinski definition) is 4. The smallest absolute Gasteiger partial charge is 0.133 e. The molecule has 0 bridgehead atoms. The van der Waals surface area contributed by atoms with E-state index in [-0.39, 0.29) is 0 Å². The van der Waals surface area contributed by atoms with Crippen LogP contribution in [0.1, 0.15) is 5.56 Å². The highest BCUT2D eigenvalue weighted by Crippen LogP contribution is 2.22. The summed E-state index contributed by atoms with van der Waals surface area (Å²) in [4.78, 5) is 0. The first-order valence-electron chi connectivity index (χ1n) is 4.26. The molecule has 0 saturated heterocycles. The van der Waals surface area contributed by atoms with Crippen LogP contribution in [0, 0.1) is 6.92 Å². The molecule has 5 heteroatoms. The lowest BCUT2D eigenvalue weighted by atomic mass is 10.2. The van der Waals surface area contributed by atoms with E-state index in [4.69, 9.17) is 11.6 Å². The Hall–Kier alpha value is -1.26. The molecule has 0 atom stereocenters. The minimum atomic E-state index is 0.746. The van der Waals surface area contributed by atoms with Gasteiger partial charge in [-0.25, -0.2) is 10.1 Å². The third-order valence-corrected chi connectivity index (χ3v) is 2.25. The molecule has 1 aliphatic rings. The largest absolute Gasteiger partial charge is 0.245 e. The average Bonchev–Trinajstić information content (AvgIpc) is 2.51. The van der Waals surface area contributed by atoms with Gasteiger partial charge < -0.3 is 0 Å². The number of rotatable bonds is 1. The van der Waals surface area contributed by atoms with Gasteiger partial charge in [-0.15, -0.1) is 10.6 Å². The van der Waals surface area contributed by atoms with E-state index >= 15 is 0 Å². The highest BCUT2D eigenvalue weighted by atomic mass is 35.5. The number of halogens is 1. The minimum Gasteiger partial charge on any atom is -0.245 e. The molecule has 74 valence electrons. The monoisotopic (exact) mass is 210 g/mol. The molecule has 0 spiro atoms. The van der Waals surface area contributed by atoms with E-state index in [0.717, 1.165) is 16.3 Å². The highest BCUT2D eigenvalue weighted by molar-refractivity contribution is 6.30. The van der Waals surface area contributed by atoms with E-state index in [1.165, 1.54) is 0 Å². The molecule has 0 aromatic heterocycles. The van der Waals surface area contributed by atoms with Gasteiger partial charge in [0.2, 0.25) is 0 Å². The van der Waals surface area contributed by atoms with E-state index in [2.05, 4.69) is 10.6 Å². The van der Waals surface area contributed by atoms with E-state index in [0.29, 0.717) is 0 Å². The summed E-state index contributed by atoms with van der Waals surface area (Å²) in [5, 5.41) is 8.27. The lowest BCUT2D eigenvalue weighted by molar-refractivity contribution is 0.279. The lowest BCUT2D eigenvalue weighted by Crippen LogP contribution is -2.38. The summed E-state index contributed by atoms with van der Waals surface area (Å²) in [5.74, 6) is 0.